The number of hydrogen-bond acceptors (Lipinski definition) is 6. The first-order valence-corrected chi connectivity index (χ1v) is 8.59. The van der Waals surface area contributed by atoms with Crippen molar-refractivity contribution in [1.82, 2.24) is 0 Å². The summed E-state index contributed by atoms with van der Waals surface area (Å²) in [5.41, 5.74) is 0.565. The number of amides is 1. The third kappa shape index (κ3) is 4.20. The molecule has 8 nitrogen and oxygen atoms in total. The minimum Gasteiger partial charge on any atom is -0.495 e. The zero-order valence-electron chi connectivity index (χ0n) is 13.9. The van der Waals surface area contributed by atoms with Gasteiger partial charge in [-0.2, -0.15) is 0 Å². The van der Waals surface area contributed by atoms with E-state index in [1.54, 1.807) is 18.2 Å². The largest absolute Gasteiger partial charge is 0.495 e. The van der Waals surface area contributed by atoms with Crippen molar-refractivity contribution in [3.8, 4) is 17.2 Å². The Bertz CT molecular complexity index is 895. The van der Waals surface area contributed by atoms with E-state index in [2.05, 4.69) is 5.32 Å². The topological polar surface area (TPSA) is 117 Å². The monoisotopic (exact) mass is 366 g/mol. The number of carbonyl (C=O) groups is 1. The van der Waals surface area contributed by atoms with Gasteiger partial charge in [0.1, 0.15) is 10.6 Å². The lowest BCUT2D eigenvalue weighted by Gasteiger charge is -2.12. The number of nitrogens with two attached hydrogens (primary N) is 1. The van der Waals surface area contributed by atoms with Gasteiger partial charge >= 0.3 is 0 Å². The molecule has 0 spiro atoms. The summed E-state index contributed by atoms with van der Waals surface area (Å²) >= 11 is 0. The molecule has 0 aromatic heterocycles. The normalized spacial score (nSPS) is 10.9. The Morgan fingerprint density at radius 1 is 0.920 bits per heavy atom. The number of rotatable bonds is 6. The van der Waals surface area contributed by atoms with Gasteiger partial charge in [0.05, 0.1) is 21.3 Å². The zero-order valence-corrected chi connectivity index (χ0v) is 14.7. The molecule has 0 saturated carbocycles. The van der Waals surface area contributed by atoms with Crippen LogP contribution in [0.1, 0.15) is 10.4 Å². The molecule has 2 rings (SSSR count). The average molecular weight is 366 g/mol. The van der Waals surface area contributed by atoms with Gasteiger partial charge in [-0.1, -0.05) is 0 Å². The summed E-state index contributed by atoms with van der Waals surface area (Å²) in [7, 11) is 0.257. The van der Waals surface area contributed by atoms with Gasteiger partial charge in [0, 0.05) is 17.3 Å². The Hall–Kier alpha value is -2.78. The fourth-order valence-electron chi connectivity index (χ4n) is 2.16. The van der Waals surface area contributed by atoms with Crippen molar-refractivity contribution in [2.75, 3.05) is 26.6 Å². The summed E-state index contributed by atoms with van der Waals surface area (Å²) < 4.78 is 38.5. The van der Waals surface area contributed by atoms with E-state index >= 15 is 0 Å². The van der Waals surface area contributed by atoms with Crippen LogP contribution in [0.15, 0.2) is 41.3 Å². The molecular weight excluding hydrogens is 348 g/mol. The second-order valence-corrected chi connectivity index (χ2v) is 6.46. The smallest absolute Gasteiger partial charge is 0.255 e. The number of sulfonamides is 1. The number of nitrogens with one attached hydrogen (secondary N) is 1. The molecule has 0 bridgehead atoms. The van der Waals surface area contributed by atoms with Crippen LogP contribution in [0.5, 0.6) is 17.2 Å². The van der Waals surface area contributed by atoms with Crippen LogP contribution < -0.4 is 24.7 Å². The number of primary sulfonamides is 1. The first-order chi connectivity index (χ1) is 11.8. The highest BCUT2D eigenvalue weighted by atomic mass is 32.2. The van der Waals surface area contributed by atoms with E-state index in [-0.39, 0.29) is 16.2 Å². The molecule has 0 heterocycles. The predicted octanol–water partition coefficient (Wildman–Crippen LogP) is 1.61. The highest BCUT2D eigenvalue weighted by Gasteiger charge is 2.18. The number of methoxy groups -OCH3 is 3. The van der Waals surface area contributed by atoms with Crippen molar-refractivity contribution in [2.45, 2.75) is 4.90 Å². The summed E-state index contributed by atoms with van der Waals surface area (Å²) in [6.45, 7) is 0. The first-order valence-electron chi connectivity index (χ1n) is 7.04. The Kier molecular flexibility index (Phi) is 5.50. The molecule has 2 aromatic carbocycles. The minimum absolute atomic E-state index is 0.0603. The molecule has 3 N–H and O–H groups in total. The second kappa shape index (κ2) is 7.41. The van der Waals surface area contributed by atoms with Crippen LogP contribution >= 0.6 is 0 Å². The van der Waals surface area contributed by atoms with E-state index in [4.69, 9.17) is 19.3 Å². The van der Waals surface area contributed by atoms with E-state index < -0.39 is 15.9 Å². The molecule has 0 aliphatic rings. The molecule has 0 unspecified atom stereocenters. The van der Waals surface area contributed by atoms with E-state index in [0.717, 1.165) is 6.07 Å². The average Bonchev–Trinajstić information content (AvgIpc) is 2.60. The molecule has 134 valence electrons. The quantitative estimate of drug-likeness (QED) is 0.802. The van der Waals surface area contributed by atoms with Gasteiger partial charge < -0.3 is 19.5 Å². The molecule has 0 aliphatic heterocycles. The minimum atomic E-state index is -4.04. The number of hydrogen-bond donors (Lipinski definition) is 2. The third-order valence-corrected chi connectivity index (χ3v) is 4.31. The lowest BCUT2D eigenvalue weighted by Crippen LogP contribution is -2.16. The van der Waals surface area contributed by atoms with Crippen molar-refractivity contribution in [2.24, 2.45) is 5.14 Å². The van der Waals surface area contributed by atoms with Crippen molar-refractivity contribution >= 4 is 21.6 Å². The van der Waals surface area contributed by atoms with E-state index in [1.165, 1.54) is 33.5 Å². The molecule has 0 saturated heterocycles. The third-order valence-electron chi connectivity index (χ3n) is 3.37. The van der Waals surface area contributed by atoms with Crippen LogP contribution in [0.2, 0.25) is 0 Å². The Balaban J connectivity index is 2.33. The molecule has 25 heavy (non-hydrogen) atoms. The Labute approximate surface area is 145 Å². The molecule has 9 heteroatoms. The van der Waals surface area contributed by atoms with Gasteiger partial charge in [-0.3, -0.25) is 4.79 Å². The summed E-state index contributed by atoms with van der Waals surface area (Å²) in [5, 5.41) is 7.80. The molecule has 1 amide bonds. The van der Waals surface area contributed by atoms with Gasteiger partial charge in [-0.05, 0) is 30.3 Å². The van der Waals surface area contributed by atoms with Crippen molar-refractivity contribution < 1.29 is 27.4 Å². The van der Waals surface area contributed by atoms with Crippen LogP contribution in [0, 0.1) is 0 Å². The maximum Gasteiger partial charge on any atom is 0.255 e. The van der Waals surface area contributed by atoms with Crippen molar-refractivity contribution in [1.29, 1.82) is 0 Å². The molecular formula is C16H18N2O6S. The predicted molar refractivity (Wildman–Crippen MR) is 91.9 cm³/mol. The molecule has 0 radical (unpaired) electrons. The highest BCUT2D eigenvalue weighted by Crippen LogP contribution is 2.30. The van der Waals surface area contributed by atoms with Crippen LogP contribution in [0.4, 0.5) is 5.69 Å². The summed E-state index contributed by atoms with van der Waals surface area (Å²) in [4.78, 5) is 12.1. The molecule has 2 aromatic rings. The summed E-state index contributed by atoms with van der Waals surface area (Å²) in [6, 6.07) is 8.81. The van der Waals surface area contributed by atoms with Crippen LogP contribution in [-0.2, 0) is 10.0 Å². The number of carbonyl (C=O) groups excluding carboxylic acids is 1. The first kappa shape index (κ1) is 18.6. The fraction of sp³-hybridized carbons (Fsp3) is 0.188. The number of anilines is 1. The van der Waals surface area contributed by atoms with Crippen molar-refractivity contribution in [3.05, 3.63) is 42.0 Å². The Morgan fingerprint density at radius 2 is 1.52 bits per heavy atom. The summed E-state index contributed by atoms with van der Waals surface area (Å²) in [6.07, 6.45) is 0. The van der Waals surface area contributed by atoms with Crippen LogP contribution in [0.25, 0.3) is 0 Å². The van der Waals surface area contributed by atoms with Crippen LogP contribution in [0.3, 0.4) is 0 Å². The number of benzene rings is 2. The van der Waals surface area contributed by atoms with Crippen molar-refractivity contribution in [3.63, 3.8) is 0 Å². The second-order valence-electron chi connectivity index (χ2n) is 4.93. The summed E-state index contributed by atoms with van der Waals surface area (Å²) in [5.74, 6) is 0.506. The van der Waals surface area contributed by atoms with Gasteiger partial charge in [0.25, 0.3) is 5.91 Å². The Morgan fingerprint density at radius 3 is 2.08 bits per heavy atom. The molecule has 0 fully saturated rings. The SMILES string of the molecule is COc1ccc(NC(=O)c2ccc(OC)c(S(N)(=O)=O)c2)cc1OC. The lowest BCUT2D eigenvalue weighted by molar-refractivity contribution is 0.102. The molecule has 0 atom stereocenters. The highest BCUT2D eigenvalue weighted by molar-refractivity contribution is 7.89. The fourth-order valence-corrected chi connectivity index (χ4v) is 2.88. The van der Waals surface area contributed by atoms with Gasteiger partial charge in [0.2, 0.25) is 10.0 Å². The lowest BCUT2D eigenvalue weighted by atomic mass is 10.2. The maximum absolute atomic E-state index is 12.4. The standard InChI is InChI=1S/C16H18N2O6S/c1-22-12-7-5-11(9-14(12)24-3)18-16(19)10-4-6-13(23-2)15(8-10)25(17,20)21/h4-9H,1-3H3,(H,18,19)(H2,17,20,21). The number of ether oxygens (including phenoxy) is 3. The zero-order chi connectivity index (χ0) is 18.6. The van der Waals surface area contributed by atoms with Gasteiger partial charge in [-0.25, -0.2) is 13.6 Å². The molecule has 0 aliphatic carbocycles. The van der Waals surface area contributed by atoms with E-state index in [1.807, 2.05) is 0 Å². The van der Waals surface area contributed by atoms with Gasteiger partial charge in [0.15, 0.2) is 11.5 Å². The maximum atomic E-state index is 12.4. The van der Waals surface area contributed by atoms with Gasteiger partial charge in [-0.15, -0.1) is 0 Å². The van der Waals surface area contributed by atoms with E-state index in [9.17, 15) is 13.2 Å². The van der Waals surface area contributed by atoms with Crippen LogP contribution in [-0.4, -0.2) is 35.7 Å². The van der Waals surface area contributed by atoms with E-state index in [0.29, 0.717) is 17.2 Å².